The van der Waals surface area contributed by atoms with Crippen molar-refractivity contribution >= 4 is 39.4 Å². The van der Waals surface area contributed by atoms with Gasteiger partial charge in [0.2, 0.25) is 0 Å². The number of hydrogen-bond acceptors (Lipinski definition) is 6. The van der Waals surface area contributed by atoms with Gasteiger partial charge in [-0.1, -0.05) is 72.8 Å². The van der Waals surface area contributed by atoms with Crippen molar-refractivity contribution in [2.45, 2.75) is 26.5 Å². The largest absolute Gasteiger partial charge is 0.439 e. The lowest BCUT2D eigenvalue weighted by molar-refractivity contribution is 0.0337. The van der Waals surface area contributed by atoms with Crippen LogP contribution in [-0.4, -0.2) is 25.9 Å². The summed E-state index contributed by atoms with van der Waals surface area (Å²) >= 11 is 0. The third-order valence-electron chi connectivity index (χ3n) is 6.71. The second kappa shape index (κ2) is 9.43. The highest BCUT2D eigenvalue weighted by atomic mass is 16.5. The monoisotopic (exact) mass is 488 g/mol. The van der Waals surface area contributed by atoms with Crippen LogP contribution in [0.3, 0.4) is 0 Å². The summed E-state index contributed by atoms with van der Waals surface area (Å²) in [6.45, 7) is 1.85. The van der Waals surface area contributed by atoms with E-state index in [4.69, 9.17) is 9.72 Å². The van der Waals surface area contributed by atoms with Gasteiger partial charge in [0.25, 0.3) is 5.56 Å². The molecule has 1 atom stereocenters. The summed E-state index contributed by atoms with van der Waals surface area (Å²) < 4.78 is 6.75. The number of hydrogen-bond donors (Lipinski definition) is 0. The Hall–Kier alpha value is -4.65. The normalized spacial score (nSPS) is 16.1. The molecule has 0 aliphatic heterocycles. The van der Waals surface area contributed by atoms with Crippen LogP contribution in [0, 0.1) is 5.92 Å². The molecule has 7 heteroatoms. The Bertz CT molecular complexity index is 1740. The number of ether oxygens (including phenoxy) is 1. The Kier molecular flexibility index (Phi) is 5.81. The third-order valence-corrected chi connectivity index (χ3v) is 6.71. The number of carbonyl (C=O) groups is 1. The molecule has 2 aromatic heterocycles. The Morgan fingerprint density at radius 2 is 1.65 bits per heavy atom. The number of benzene rings is 3. The molecule has 182 valence electrons. The average molecular weight is 489 g/mol. The van der Waals surface area contributed by atoms with Crippen molar-refractivity contribution in [1.29, 1.82) is 0 Å². The molecule has 5 aromatic rings. The Labute approximate surface area is 213 Å². The number of esters is 1. The quantitative estimate of drug-likeness (QED) is 0.320. The van der Waals surface area contributed by atoms with Crippen LogP contribution in [0.25, 0.3) is 33.5 Å². The van der Waals surface area contributed by atoms with Crippen molar-refractivity contribution < 1.29 is 9.53 Å². The van der Waals surface area contributed by atoms with Gasteiger partial charge in [0, 0.05) is 5.39 Å². The Balaban J connectivity index is 1.42. The highest BCUT2D eigenvalue weighted by Crippen LogP contribution is 2.38. The number of fused-ring (bicyclic) bond motifs is 3. The second-order valence-corrected chi connectivity index (χ2v) is 9.40. The van der Waals surface area contributed by atoms with E-state index in [2.05, 4.69) is 35.4 Å². The summed E-state index contributed by atoms with van der Waals surface area (Å²) in [6, 6.07) is 24.7. The van der Waals surface area contributed by atoms with Gasteiger partial charge in [-0.2, -0.15) is 4.68 Å². The number of para-hydroxylation sites is 1. The molecule has 1 aliphatic carbocycles. The zero-order valence-electron chi connectivity index (χ0n) is 20.3. The van der Waals surface area contributed by atoms with Gasteiger partial charge in [-0.25, -0.2) is 9.78 Å². The molecule has 2 heterocycles. The van der Waals surface area contributed by atoms with Crippen LogP contribution in [0.2, 0.25) is 0 Å². The highest BCUT2D eigenvalue weighted by molar-refractivity contribution is 6.06. The summed E-state index contributed by atoms with van der Waals surface area (Å²) in [5, 5.41) is 9.18. The van der Waals surface area contributed by atoms with E-state index in [0.29, 0.717) is 28.8 Å². The molecule has 0 saturated heterocycles. The molecule has 0 radical (unpaired) electrons. The van der Waals surface area contributed by atoms with Gasteiger partial charge in [0.15, 0.2) is 6.73 Å². The van der Waals surface area contributed by atoms with E-state index in [1.54, 1.807) is 24.3 Å². The van der Waals surface area contributed by atoms with Gasteiger partial charge in [0.05, 0.1) is 22.2 Å². The number of rotatable bonds is 4. The van der Waals surface area contributed by atoms with Crippen molar-refractivity contribution in [2.24, 2.45) is 5.92 Å². The van der Waals surface area contributed by atoms with Gasteiger partial charge >= 0.3 is 5.97 Å². The van der Waals surface area contributed by atoms with E-state index in [9.17, 15) is 9.59 Å². The van der Waals surface area contributed by atoms with Crippen molar-refractivity contribution in [1.82, 2.24) is 20.0 Å². The van der Waals surface area contributed by atoms with Crippen molar-refractivity contribution in [3.8, 4) is 0 Å². The SMILES string of the molecule is CC1CC(=Cc2ccccc2)c2nc3ccccc3c(C(=O)OCn3nnc4ccccc4c3=O)c2C1. The summed E-state index contributed by atoms with van der Waals surface area (Å²) in [6.07, 6.45) is 3.72. The zero-order chi connectivity index (χ0) is 25.4. The summed E-state index contributed by atoms with van der Waals surface area (Å²) in [7, 11) is 0. The molecule has 0 N–H and O–H groups in total. The molecule has 7 nitrogen and oxygen atoms in total. The molecule has 0 bridgehead atoms. The Morgan fingerprint density at radius 3 is 2.46 bits per heavy atom. The lowest BCUT2D eigenvalue weighted by atomic mass is 9.80. The third kappa shape index (κ3) is 4.29. The standard InChI is InChI=1S/C30H24N4O3/c1-19-15-21(17-20-9-3-2-4-10-20)28-24(16-19)27(22-11-5-7-13-25(22)31-28)30(36)37-18-34-29(35)23-12-6-8-14-26(23)32-33-34/h2-14,17,19H,15-16,18H2,1H3. The van der Waals surface area contributed by atoms with Crippen LogP contribution >= 0.6 is 0 Å². The molecular formula is C30H24N4O3. The minimum absolute atomic E-state index is 0.325. The smallest absolute Gasteiger partial charge is 0.340 e. The Morgan fingerprint density at radius 1 is 0.946 bits per heavy atom. The van der Waals surface area contributed by atoms with Crippen LogP contribution in [0.15, 0.2) is 83.7 Å². The fraction of sp³-hybridized carbons (Fsp3) is 0.167. The van der Waals surface area contributed by atoms with Crippen LogP contribution < -0.4 is 5.56 Å². The molecule has 0 fully saturated rings. The number of allylic oxidation sites excluding steroid dienone is 1. The minimum atomic E-state index is -0.509. The van der Waals surface area contributed by atoms with E-state index in [1.165, 1.54) is 0 Å². The predicted octanol–water partition coefficient (Wildman–Crippen LogP) is 5.28. The minimum Gasteiger partial charge on any atom is -0.439 e. The van der Waals surface area contributed by atoms with Gasteiger partial charge in [-0.05, 0) is 59.7 Å². The number of aromatic nitrogens is 4. The topological polar surface area (TPSA) is 87.0 Å². The van der Waals surface area contributed by atoms with E-state index in [0.717, 1.165) is 44.4 Å². The molecule has 1 aliphatic rings. The second-order valence-electron chi connectivity index (χ2n) is 9.40. The van der Waals surface area contributed by atoms with E-state index < -0.39 is 5.97 Å². The summed E-state index contributed by atoms with van der Waals surface area (Å²) in [5.41, 5.74) is 5.24. The van der Waals surface area contributed by atoms with Gasteiger partial charge in [-0.15, -0.1) is 5.10 Å². The van der Waals surface area contributed by atoms with Crippen molar-refractivity contribution in [2.75, 3.05) is 0 Å². The van der Waals surface area contributed by atoms with Crippen LogP contribution in [-0.2, 0) is 17.9 Å². The average Bonchev–Trinajstić information content (AvgIpc) is 2.92. The van der Waals surface area contributed by atoms with E-state index in [-0.39, 0.29) is 12.3 Å². The molecule has 0 spiro atoms. The predicted molar refractivity (Wildman–Crippen MR) is 143 cm³/mol. The fourth-order valence-corrected chi connectivity index (χ4v) is 5.02. The van der Waals surface area contributed by atoms with E-state index >= 15 is 0 Å². The van der Waals surface area contributed by atoms with Crippen molar-refractivity contribution in [3.05, 3.63) is 112 Å². The first-order chi connectivity index (χ1) is 18.1. The van der Waals surface area contributed by atoms with Crippen LogP contribution in [0.5, 0.6) is 0 Å². The lowest BCUT2D eigenvalue weighted by Crippen LogP contribution is -2.27. The van der Waals surface area contributed by atoms with Gasteiger partial charge < -0.3 is 4.74 Å². The zero-order valence-corrected chi connectivity index (χ0v) is 20.3. The first-order valence-corrected chi connectivity index (χ1v) is 12.3. The number of nitrogens with zero attached hydrogens (tertiary/aromatic N) is 4. The fourth-order valence-electron chi connectivity index (χ4n) is 5.02. The lowest BCUT2D eigenvalue weighted by Gasteiger charge is -2.26. The molecular weight excluding hydrogens is 464 g/mol. The molecule has 1 unspecified atom stereocenters. The van der Waals surface area contributed by atoms with Crippen molar-refractivity contribution in [3.63, 3.8) is 0 Å². The van der Waals surface area contributed by atoms with E-state index in [1.807, 2.05) is 42.5 Å². The number of pyridine rings is 1. The summed E-state index contributed by atoms with van der Waals surface area (Å²) in [5.74, 6) is -0.184. The molecule has 0 saturated carbocycles. The molecule has 0 amide bonds. The first kappa shape index (κ1) is 22.8. The maximum Gasteiger partial charge on any atom is 0.340 e. The van der Waals surface area contributed by atoms with Crippen LogP contribution in [0.1, 0.15) is 40.5 Å². The van der Waals surface area contributed by atoms with Gasteiger partial charge in [0.1, 0.15) is 5.52 Å². The maximum atomic E-state index is 13.6. The van der Waals surface area contributed by atoms with Gasteiger partial charge in [-0.3, -0.25) is 4.79 Å². The first-order valence-electron chi connectivity index (χ1n) is 12.3. The van der Waals surface area contributed by atoms with Crippen LogP contribution in [0.4, 0.5) is 0 Å². The molecule has 6 rings (SSSR count). The number of carbonyl (C=O) groups excluding carboxylic acids is 1. The highest BCUT2D eigenvalue weighted by Gasteiger charge is 2.29. The molecule has 3 aromatic carbocycles. The maximum absolute atomic E-state index is 13.6. The summed E-state index contributed by atoms with van der Waals surface area (Å²) in [4.78, 5) is 31.4. The molecule has 37 heavy (non-hydrogen) atoms.